The second kappa shape index (κ2) is 13.5. The van der Waals surface area contributed by atoms with E-state index in [1.807, 2.05) is 24.3 Å². The summed E-state index contributed by atoms with van der Waals surface area (Å²) in [5, 5.41) is 2.73. The number of nitrogens with one attached hydrogen (secondary N) is 1. The monoisotopic (exact) mass is 487 g/mol. The van der Waals surface area contributed by atoms with E-state index in [9.17, 15) is 14.4 Å². The van der Waals surface area contributed by atoms with E-state index in [0.717, 1.165) is 11.1 Å². The van der Waals surface area contributed by atoms with Gasteiger partial charge in [-0.15, -0.1) is 0 Å². The third-order valence-electron chi connectivity index (χ3n) is 4.67. The zero-order valence-electron chi connectivity index (χ0n) is 20.8. The molecule has 0 aliphatic rings. The molecule has 0 aromatic heterocycles. The Morgan fingerprint density at radius 3 is 2.46 bits per heavy atom. The van der Waals surface area contributed by atoms with E-state index in [0.29, 0.717) is 36.4 Å². The van der Waals surface area contributed by atoms with Crippen LogP contribution in [0.4, 0.5) is 4.79 Å². The van der Waals surface area contributed by atoms with Gasteiger partial charge >= 0.3 is 12.1 Å². The summed E-state index contributed by atoms with van der Waals surface area (Å²) in [5.74, 6) is -0.108. The average molecular weight is 488 g/mol. The number of esters is 1. The Hall–Kier alpha value is -3.43. The Balaban J connectivity index is 2.36. The number of carbonyl (C=O) groups excluding carboxylic acids is 3. The van der Waals surface area contributed by atoms with Crippen LogP contribution in [0.2, 0.25) is 0 Å². The van der Waals surface area contributed by atoms with Gasteiger partial charge < -0.3 is 29.0 Å². The van der Waals surface area contributed by atoms with Gasteiger partial charge in [-0.05, 0) is 55.7 Å². The smallest absolute Gasteiger partial charge is 0.407 e. The van der Waals surface area contributed by atoms with Crippen molar-refractivity contribution in [3.05, 3.63) is 53.1 Å². The molecule has 35 heavy (non-hydrogen) atoms. The van der Waals surface area contributed by atoms with Crippen molar-refractivity contribution in [3.63, 3.8) is 0 Å². The highest BCUT2D eigenvalue weighted by atomic mass is 16.7. The minimum atomic E-state index is -0.602. The van der Waals surface area contributed by atoms with Gasteiger partial charge in [-0.25, -0.2) is 4.79 Å². The molecule has 0 heterocycles. The molecule has 0 radical (unpaired) electrons. The largest absolute Gasteiger partial charge is 0.469 e. The summed E-state index contributed by atoms with van der Waals surface area (Å²) < 4.78 is 26.2. The summed E-state index contributed by atoms with van der Waals surface area (Å²) >= 11 is 0. The van der Waals surface area contributed by atoms with Crippen LogP contribution in [0.1, 0.15) is 42.3 Å². The maximum atomic E-state index is 12.0. The lowest BCUT2D eigenvalue weighted by molar-refractivity contribution is -0.139. The number of hydrogen-bond acceptors (Lipinski definition) is 8. The summed E-state index contributed by atoms with van der Waals surface area (Å²) in [7, 11) is 2.87. The second-order valence-electron chi connectivity index (χ2n) is 8.65. The van der Waals surface area contributed by atoms with E-state index in [-0.39, 0.29) is 25.3 Å². The van der Waals surface area contributed by atoms with Crippen LogP contribution < -0.4 is 10.1 Å². The van der Waals surface area contributed by atoms with Crippen LogP contribution in [0.5, 0.6) is 5.75 Å². The lowest BCUT2D eigenvalue weighted by atomic mass is 9.96. The van der Waals surface area contributed by atoms with Crippen molar-refractivity contribution in [2.45, 2.75) is 39.3 Å². The van der Waals surface area contributed by atoms with E-state index in [1.54, 1.807) is 40.0 Å². The molecule has 2 rings (SSSR count). The zero-order valence-corrected chi connectivity index (χ0v) is 20.8. The second-order valence-corrected chi connectivity index (χ2v) is 8.65. The van der Waals surface area contributed by atoms with Gasteiger partial charge in [-0.1, -0.05) is 18.2 Å². The molecule has 0 saturated heterocycles. The van der Waals surface area contributed by atoms with Crippen LogP contribution in [0.3, 0.4) is 0 Å². The third kappa shape index (κ3) is 9.38. The summed E-state index contributed by atoms with van der Waals surface area (Å²) in [6.07, 6.45) is 0.140. The normalized spacial score (nSPS) is 11.0. The molecule has 190 valence electrons. The van der Waals surface area contributed by atoms with Gasteiger partial charge in [0, 0.05) is 19.2 Å². The van der Waals surface area contributed by atoms with E-state index in [2.05, 4.69) is 5.32 Å². The molecule has 2 aromatic carbocycles. The molecule has 9 nitrogen and oxygen atoms in total. The maximum Gasteiger partial charge on any atom is 0.407 e. The molecule has 0 aliphatic heterocycles. The lowest BCUT2D eigenvalue weighted by Crippen LogP contribution is -2.32. The van der Waals surface area contributed by atoms with Crippen molar-refractivity contribution in [1.82, 2.24) is 5.32 Å². The Morgan fingerprint density at radius 1 is 1.03 bits per heavy atom. The maximum absolute atomic E-state index is 12.0. The summed E-state index contributed by atoms with van der Waals surface area (Å²) in [6.45, 7) is 6.25. The number of benzene rings is 2. The summed E-state index contributed by atoms with van der Waals surface area (Å²) in [6, 6.07) is 10.8. The van der Waals surface area contributed by atoms with Crippen molar-refractivity contribution in [1.29, 1.82) is 0 Å². The van der Waals surface area contributed by atoms with Gasteiger partial charge in [0.2, 0.25) is 0 Å². The Kier molecular flexibility index (Phi) is 10.7. The molecule has 0 unspecified atom stereocenters. The van der Waals surface area contributed by atoms with Gasteiger partial charge in [-0.2, -0.15) is 0 Å². The topological polar surface area (TPSA) is 109 Å². The van der Waals surface area contributed by atoms with Gasteiger partial charge in [0.05, 0.1) is 32.3 Å². The predicted octanol–water partition coefficient (Wildman–Crippen LogP) is 3.91. The predicted molar refractivity (Wildman–Crippen MR) is 129 cm³/mol. The van der Waals surface area contributed by atoms with Gasteiger partial charge in [0.15, 0.2) is 13.1 Å². The number of rotatable bonds is 12. The van der Waals surface area contributed by atoms with Gasteiger partial charge in [-0.3, -0.25) is 9.59 Å². The molecule has 0 bridgehead atoms. The molecule has 2 aromatic rings. The molecule has 1 amide bonds. The quantitative estimate of drug-likeness (QED) is 0.208. The van der Waals surface area contributed by atoms with Crippen molar-refractivity contribution in [2.75, 3.05) is 34.2 Å². The Bertz CT molecular complexity index is 1010. The first-order chi connectivity index (χ1) is 16.7. The molecule has 1 N–H and O–H groups in total. The fraction of sp³-hybridized carbons (Fsp3) is 0.423. The number of hydrogen-bond donors (Lipinski definition) is 1. The van der Waals surface area contributed by atoms with Crippen LogP contribution >= 0.6 is 0 Å². The summed E-state index contributed by atoms with van der Waals surface area (Å²) in [5.41, 5.74) is 2.40. The van der Waals surface area contributed by atoms with E-state index < -0.39 is 17.7 Å². The SMILES string of the molecule is COCCOCOc1c(C=O)cc(CC(=O)OC)cc1-c1cccc(CNC(=O)OC(C)(C)C)c1. The third-order valence-corrected chi connectivity index (χ3v) is 4.67. The first-order valence-corrected chi connectivity index (χ1v) is 11.1. The number of aldehydes is 1. The highest BCUT2D eigenvalue weighted by Gasteiger charge is 2.18. The molecule has 0 saturated carbocycles. The Morgan fingerprint density at radius 2 is 1.80 bits per heavy atom. The number of amides is 1. The number of ether oxygens (including phenoxy) is 5. The van der Waals surface area contributed by atoms with Gasteiger partial charge in [0.1, 0.15) is 11.4 Å². The summed E-state index contributed by atoms with van der Waals surface area (Å²) in [4.78, 5) is 35.8. The molecule has 0 atom stereocenters. The molecule has 0 aliphatic carbocycles. The zero-order chi connectivity index (χ0) is 25.8. The van der Waals surface area contributed by atoms with Crippen LogP contribution in [0.25, 0.3) is 11.1 Å². The minimum absolute atomic E-state index is 0.00511. The Labute approximate surface area is 205 Å². The van der Waals surface area contributed by atoms with Crippen LogP contribution in [0, 0.1) is 0 Å². The standard InChI is InChI=1S/C26H33NO8/c1-26(2,3)35-25(30)27-15-18-7-6-8-20(11-18)22-13-19(14-23(29)32-5)12-21(16-28)24(22)34-17-33-10-9-31-4/h6-8,11-13,16H,9-10,14-15,17H2,1-5H3,(H,27,30). The molecule has 0 fully saturated rings. The molecule has 9 heteroatoms. The van der Waals surface area contributed by atoms with Crippen molar-refractivity contribution >= 4 is 18.3 Å². The van der Waals surface area contributed by atoms with E-state index >= 15 is 0 Å². The average Bonchev–Trinajstić information content (AvgIpc) is 2.81. The highest BCUT2D eigenvalue weighted by molar-refractivity contribution is 5.88. The van der Waals surface area contributed by atoms with Crippen molar-refractivity contribution in [3.8, 4) is 16.9 Å². The van der Waals surface area contributed by atoms with Gasteiger partial charge in [0.25, 0.3) is 0 Å². The first kappa shape index (κ1) is 27.8. The number of alkyl carbamates (subject to hydrolysis) is 1. The molecular weight excluding hydrogens is 454 g/mol. The fourth-order valence-corrected chi connectivity index (χ4v) is 3.16. The number of methoxy groups -OCH3 is 2. The molecule has 0 spiro atoms. The van der Waals surface area contributed by atoms with E-state index in [1.165, 1.54) is 7.11 Å². The van der Waals surface area contributed by atoms with Crippen LogP contribution in [-0.2, 0) is 36.7 Å². The van der Waals surface area contributed by atoms with Crippen LogP contribution in [0.15, 0.2) is 36.4 Å². The highest BCUT2D eigenvalue weighted by Crippen LogP contribution is 2.35. The van der Waals surface area contributed by atoms with Crippen molar-refractivity contribution < 1.29 is 38.1 Å². The fourth-order valence-electron chi connectivity index (χ4n) is 3.16. The minimum Gasteiger partial charge on any atom is -0.469 e. The van der Waals surface area contributed by atoms with Crippen LogP contribution in [-0.4, -0.2) is 58.2 Å². The van der Waals surface area contributed by atoms with E-state index in [4.69, 9.17) is 23.7 Å². The molecular formula is C26H33NO8. The van der Waals surface area contributed by atoms with Crippen molar-refractivity contribution in [2.24, 2.45) is 0 Å². The lowest BCUT2D eigenvalue weighted by Gasteiger charge is -2.20. The number of carbonyl (C=O) groups is 3. The first-order valence-electron chi connectivity index (χ1n) is 11.1.